The van der Waals surface area contributed by atoms with Gasteiger partial charge in [0.15, 0.2) is 11.5 Å². The van der Waals surface area contributed by atoms with Crippen LogP contribution in [0.15, 0.2) is 36.5 Å². The highest BCUT2D eigenvalue weighted by molar-refractivity contribution is 5.93. The average molecular weight is 369 g/mol. The van der Waals surface area contributed by atoms with Crippen molar-refractivity contribution in [3.05, 3.63) is 47.8 Å². The molecule has 2 heterocycles. The summed E-state index contributed by atoms with van der Waals surface area (Å²) >= 11 is 0. The predicted molar refractivity (Wildman–Crippen MR) is 106 cm³/mol. The van der Waals surface area contributed by atoms with Crippen LogP contribution in [0.2, 0.25) is 0 Å². The summed E-state index contributed by atoms with van der Waals surface area (Å²) in [7, 11) is 3.23. The van der Waals surface area contributed by atoms with Crippen LogP contribution >= 0.6 is 0 Å². The van der Waals surface area contributed by atoms with Gasteiger partial charge in [-0.3, -0.25) is 9.78 Å². The van der Waals surface area contributed by atoms with Gasteiger partial charge < -0.3 is 19.7 Å². The van der Waals surface area contributed by atoms with Gasteiger partial charge in [-0.05, 0) is 55.5 Å². The maximum absolute atomic E-state index is 12.5. The number of piperidine rings is 1. The number of carbonyl (C=O) groups is 1. The number of hydrogen-bond acceptors (Lipinski definition) is 5. The molecule has 1 amide bonds. The van der Waals surface area contributed by atoms with E-state index in [9.17, 15) is 4.79 Å². The molecule has 0 saturated carbocycles. The predicted octanol–water partition coefficient (Wildman–Crippen LogP) is 3.06. The third-order valence-electron chi connectivity index (χ3n) is 4.84. The van der Waals surface area contributed by atoms with Crippen molar-refractivity contribution >= 4 is 11.6 Å². The molecule has 6 heteroatoms. The molecular weight excluding hydrogens is 342 g/mol. The number of methoxy groups -OCH3 is 2. The molecule has 0 spiro atoms. The molecule has 6 nitrogen and oxygen atoms in total. The Labute approximate surface area is 160 Å². The van der Waals surface area contributed by atoms with Crippen molar-refractivity contribution in [2.24, 2.45) is 0 Å². The van der Waals surface area contributed by atoms with Crippen molar-refractivity contribution in [1.29, 1.82) is 0 Å². The Kier molecular flexibility index (Phi) is 6.52. The SMILES string of the molecule is COc1ccc(CCNC(=O)c2cc(N3CCCCC3)ccn2)cc1OC. The lowest BCUT2D eigenvalue weighted by Gasteiger charge is -2.28. The standard InChI is InChI=1S/C21H27N3O3/c1-26-19-7-6-16(14-20(19)27-2)8-10-23-21(25)18-15-17(9-11-22-18)24-12-4-3-5-13-24/h6-7,9,11,14-15H,3-5,8,10,12-13H2,1-2H3,(H,23,25). The molecule has 0 radical (unpaired) electrons. The number of nitrogens with zero attached hydrogens (tertiary/aromatic N) is 2. The minimum Gasteiger partial charge on any atom is -0.493 e. The molecule has 0 bridgehead atoms. The quantitative estimate of drug-likeness (QED) is 0.813. The number of rotatable bonds is 7. The zero-order valence-electron chi connectivity index (χ0n) is 16.0. The number of nitrogens with one attached hydrogen (secondary N) is 1. The lowest BCUT2D eigenvalue weighted by Crippen LogP contribution is -2.30. The van der Waals surface area contributed by atoms with Crippen molar-refractivity contribution in [1.82, 2.24) is 10.3 Å². The van der Waals surface area contributed by atoms with Gasteiger partial charge in [0, 0.05) is 31.5 Å². The number of aromatic nitrogens is 1. The van der Waals surface area contributed by atoms with Crippen molar-refractivity contribution in [3.63, 3.8) is 0 Å². The van der Waals surface area contributed by atoms with E-state index in [1.807, 2.05) is 30.3 Å². The van der Waals surface area contributed by atoms with Crippen LogP contribution in [0.5, 0.6) is 11.5 Å². The van der Waals surface area contributed by atoms with E-state index in [-0.39, 0.29) is 5.91 Å². The van der Waals surface area contributed by atoms with E-state index >= 15 is 0 Å². The van der Waals surface area contributed by atoms with Crippen LogP contribution in [0.4, 0.5) is 5.69 Å². The van der Waals surface area contributed by atoms with Gasteiger partial charge in [-0.2, -0.15) is 0 Å². The van der Waals surface area contributed by atoms with E-state index in [0.717, 1.165) is 24.3 Å². The second-order valence-corrected chi connectivity index (χ2v) is 6.64. The van der Waals surface area contributed by atoms with E-state index in [4.69, 9.17) is 9.47 Å². The summed E-state index contributed by atoms with van der Waals surface area (Å²) in [4.78, 5) is 19.0. The summed E-state index contributed by atoms with van der Waals surface area (Å²) in [6.07, 6.45) is 6.11. The van der Waals surface area contributed by atoms with Gasteiger partial charge in [0.05, 0.1) is 14.2 Å². The van der Waals surface area contributed by atoms with Gasteiger partial charge in [0.25, 0.3) is 5.91 Å². The van der Waals surface area contributed by atoms with Crippen LogP contribution in [0.3, 0.4) is 0 Å². The van der Waals surface area contributed by atoms with Crippen molar-refractivity contribution in [2.45, 2.75) is 25.7 Å². The fourth-order valence-electron chi connectivity index (χ4n) is 3.34. The lowest BCUT2D eigenvalue weighted by molar-refractivity contribution is 0.0949. The molecule has 1 aromatic heterocycles. The molecule has 27 heavy (non-hydrogen) atoms. The first kappa shape index (κ1) is 19.0. The maximum atomic E-state index is 12.5. The molecule has 3 rings (SSSR count). The highest BCUT2D eigenvalue weighted by atomic mass is 16.5. The van der Waals surface area contributed by atoms with E-state index in [1.165, 1.54) is 19.3 Å². The first-order valence-electron chi connectivity index (χ1n) is 9.41. The summed E-state index contributed by atoms with van der Waals surface area (Å²) in [5.41, 5.74) is 2.61. The van der Waals surface area contributed by atoms with Gasteiger partial charge in [-0.1, -0.05) is 6.07 Å². The number of benzene rings is 1. The molecule has 0 atom stereocenters. The Morgan fingerprint density at radius 2 is 1.85 bits per heavy atom. The first-order chi connectivity index (χ1) is 13.2. The summed E-state index contributed by atoms with van der Waals surface area (Å²) < 4.78 is 10.6. The summed E-state index contributed by atoms with van der Waals surface area (Å²) in [5, 5.41) is 2.95. The lowest BCUT2D eigenvalue weighted by atomic mass is 10.1. The molecule has 1 saturated heterocycles. The number of pyridine rings is 1. The zero-order valence-corrected chi connectivity index (χ0v) is 16.0. The molecule has 1 aromatic carbocycles. The normalized spacial score (nSPS) is 13.9. The van der Waals surface area contributed by atoms with Crippen molar-refractivity contribution < 1.29 is 14.3 Å². The minimum absolute atomic E-state index is 0.144. The first-order valence-corrected chi connectivity index (χ1v) is 9.41. The Morgan fingerprint density at radius 1 is 1.07 bits per heavy atom. The van der Waals surface area contributed by atoms with Crippen LogP contribution < -0.4 is 19.7 Å². The van der Waals surface area contributed by atoms with Gasteiger partial charge in [-0.25, -0.2) is 0 Å². The van der Waals surface area contributed by atoms with Crippen LogP contribution in [0, 0.1) is 0 Å². The van der Waals surface area contributed by atoms with Crippen LogP contribution in [0.1, 0.15) is 35.3 Å². The summed E-state index contributed by atoms with van der Waals surface area (Å²) in [5.74, 6) is 1.25. The molecular formula is C21H27N3O3. The number of ether oxygens (including phenoxy) is 2. The fourth-order valence-corrected chi connectivity index (χ4v) is 3.34. The van der Waals surface area contributed by atoms with Gasteiger partial charge >= 0.3 is 0 Å². The topological polar surface area (TPSA) is 63.7 Å². The molecule has 2 aromatic rings. The summed E-state index contributed by atoms with van der Waals surface area (Å²) in [6.45, 7) is 2.62. The van der Waals surface area contributed by atoms with E-state index in [2.05, 4.69) is 15.2 Å². The number of hydrogen-bond donors (Lipinski definition) is 1. The van der Waals surface area contributed by atoms with Crippen LogP contribution in [-0.4, -0.2) is 44.7 Å². The van der Waals surface area contributed by atoms with E-state index < -0.39 is 0 Å². The monoisotopic (exact) mass is 369 g/mol. The Balaban J connectivity index is 1.56. The van der Waals surface area contributed by atoms with Gasteiger partial charge in [-0.15, -0.1) is 0 Å². The summed E-state index contributed by atoms with van der Waals surface area (Å²) in [6, 6.07) is 9.64. The third kappa shape index (κ3) is 4.90. The third-order valence-corrected chi connectivity index (χ3v) is 4.84. The fraction of sp³-hybridized carbons (Fsp3) is 0.429. The zero-order chi connectivity index (χ0) is 19.1. The molecule has 1 aliphatic rings. The maximum Gasteiger partial charge on any atom is 0.269 e. The molecule has 144 valence electrons. The average Bonchev–Trinajstić information content (AvgIpc) is 2.74. The smallest absolute Gasteiger partial charge is 0.269 e. The largest absolute Gasteiger partial charge is 0.493 e. The second kappa shape index (κ2) is 9.26. The van der Waals surface area contributed by atoms with Crippen LogP contribution in [0.25, 0.3) is 0 Å². The minimum atomic E-state index is -0.144. The molecule has 1 N–H and O–H groups in total. The second-order valence-electron chi connectivity index (χ2n) is 6.64. The highest BCUT2D eigenvalue weighted by Crippen LogP contribution is 2.27. The Bertz CT molecular complexity index is 773. The molecule has 1 aliphatic heterocycles. The number of amides is 1. The van der Waals surface area contributed by atoms with Crippen molar-refractivity contribution in [3.8, 4) is 11.5 Å². The van der Waals surface area contributed by atoms with E-state index in [0.29, 0.717) is 30.2 Å². The van der Waals surface area contributed by atoms with E-state index in [1.54, 1.807) is 20.4 Å². The van der Waals surface area contributed by atoms with Crippen molar-refractivity contribution in [2.75, 3.05) is 38.8 Å². The molecule has 0 unspecified atom stereocenters. The Morgan fingerprint density at radius 3 is 2.59 bits per heavy atom. The van der Waals surface area contributed by atoms with Gasteiger partial charge in [0.1, 0.15) is 5.69 Å². The number of carbonyl (C=O) groups excluding carboxylic acids is 1. The molecule has 1 fully saturated rings. The number of anilines is 1. The van der Waals surface area contributed by atoms with Crippen LogP contribution in [-0.2, 0) is 6.42 Å². The highest BCUT2D eigenvalue weighted by Gasteiger charge is 2.14. The Hall–Kier alpha value is -2.76. The molecule has 0 aliphatic carbocycles. The van der Waals surface area contributed by atoms with Gasteiger partial charge in [0.2, 0.25) is 0 Å².